The lowest BCUT2D eigenvalue weighted by atomic mass is 10.2. The van der Waals surface area contributed by atoms with E-state index < -0.39 is 0 Å². The molecule has 0 aliphatic carbocycles. The van der Waals surface area contributed by atoms with Crippen molar-refractivity contribution in [1.82, 2.24) is 4.90 Å². The Labute approximate surface area is 129 Å². The third-order valence-electron chi connectivity index (χ3n) is 3.34. The zero-order valence-electron chi connectivity index (χ0n) is 12.2. The number of anilines is 2. The van der Waals surface area contributed by atoms with Crippen LogP contribution in [0.3, 0.4) is 0 Å². The van der Waals surface area contributed by atoms with Crippen LogP contribution in [0.2, 0.25) is 0 Å². The third kappa shape index (κ3) is 4.62. The topological polar surface area (TPSA) is 92.0 Å². The first kappa shape index (κ1) is 15.6. The molecular formula is C16H17N5O. The van der Waals surface area contributed by atoms with Crippen LogP contribution < -0.4 is 10.6 Å². The van der Waals surface area contributed by atoms with Crippen molar-refractivity contribution in [2.24, 2.45) is 0 Å². The molecule has 6 nitrogen and oxygen atoms in total. The molecule has 0 saturated carbocycles. The molecule has 0 bridgehead atoms. The van der Waals surface area contributed by atoms with Crippen LogP contribution >= 0.6 is 0 Å². The number of nitriles is 2. The minimum Gasteiger partial charge on any atom is -0.360 e. The minimum absolute atomic E-state index is 0.0107. The molecule has 1 aliphatic rings. The molecule has 1 saturated heterocycles. The van der Waals surface area contributed by atoms with Gasteiger partial charge in [0.05, 0.1) is 6.54 Å². The number of allylic oxidation sites excluding steroid dienone is 1. The van der Waals surface area contributed by atoms with Gasteiger partial charge in [-0.3, -0.25) is 9.69 Å². The first-order valence-corrected chi connectivity index (χ1v) is 7.10. The highest BCUT2D eigenvalue weighted by Gasteiger charge is 2.14. The number of rotatable bonds is 5. The van der Waals surface area contributed by atoms with E-state index >= 15 is 0 Å². The van der Waals surface area contributed by atoms with E-state index in [0.717, 1.165) is 25.9 Å². The Morgan fingerprint density at radius 3 is 2.59 bits per heavy atom. The van der Waals surface area contributed by atoms with Crippen molar-refractivity contribution in [2.45, 2.75) is 12.8 Å². The highest BCUT2D eigenvalue weighted by Crippen LogP contribution is 2.16. The van der Waals surface area contributed by atoms with Crippen LogP contribution in [0.1, 0.15) is 12.8 Å². The standard InChI is InChI=1S/C16H17N5O/c17-9-13(10-18)11-19-14-4-3-5-15(8-14)20-16(22)12-21-6-1-2-7-21/h3-5,8,11,19H,1-2,6-7,12H2,(H,20,22). The highest BCUT2D eigenvalue weighted by molar-refractivity contribution is 5.92. The van der Waals surface area contributed by atoms with E-state index in [1.807, 2.05) is 0 Å². The van der Waals surface area contributed by atoms with Crippen molar-refractivity contribution in [3.63, 3.8) is 0 Å². The third-order valence-corrected chi connectivity index (χ3v) is 3.34. The van der Waals surface area contributed by atoms with E-state index in [1.165, 1.54) is 6.20 Å². The van der Waals surface area contributed by atoms with Gasteiger partial charge in [-0.2, -0.15) is 10.5 Å². The summed E-state index contributed by atoms with van der Waals surface area (Å²) in [7, 11) is 0. The van der Waals surface area contributed by atoms with Crippen LogP contribution in [-0.4, -0.2) is 30.4 Å². The summed E-state index contributed by atoms with van der Waals surface area (Å²) in [4.78, 5) is 14.1. The number of carbonyl (C=O) groups is 1. The number of amides is 1. The van der Waals surface area contributed by atoms with Gasteiger partial charge in [0.15, 0.2) is 0 Å². The summed E-state index contributed by atoms with van der Waals surface area (Å²) in [6.45, 7) is 2.36. The zero-order valence-corrected chi connectivity index (χ0v) is 12.2. The second kappa shape index (κ2) is 7.82. The lowest BCUT2D eigenvalue weighted by Gasteiger charge is -2.14. The quantitative estimate of drug-likeness (QED) is 0.811. The molecular weight excluding hydrogens is 278 g/mol. The maximum absolute atomic E-state index is 12.0. The van der Waals surface area contributed by atoms with Crippen LogP contribution in [0, 0.1) is 22.7 Å². The van der Waals surface area contributed by atoms with Crippen molar-refractivity contribution in [2.75, 3.05) is 30.3 Å². The Bertz CT molecular complexity index is 631. The van der Waals surface area contributed by atoms with Crippen molar-refractivity contribution >= 4 is 17.3 Å². The number of likely N-dealkylation sites (tertiary alicyclic amines) is 1. The monoisotopic (exact) mass is 295 g/mol. The SMILES string of the molecule is N#CC(C#N)=CNc1cccc(NC(=O)CN2CCCC2)c1. The minimum atomic E-state index is -0.0377. The maximum atomic E-state index is 12.0. The summed E-state index contributed by atoms with van der Waals surface area (Å²) in [5, 5.41) is 23.1. The summed E-state index contributed by atoms with van der Waals surface area (Å²) >= 11 is 0. The van der Waals surface area contributed by atoms with E-state index in [2.05, 4.69) is 15.5 Å². The van der Waals surface area contributed by atoms with E-state index in [-0.39, 0.29) is 11.5 Å². The molecule has 0 spiro atoms. The molecule has 2 rings (SSSR count). The maximum Gasteiger partial charge on any atom is 0.238 e. The van der Waals surface area contributed by atoms with E-state index in [4.69, 9.17) is 10.5 Å². The molecule has 112 valence electrons. The predicted molar refractivity (Wildman–Crippen MR) is 83.7 cm³/mol. The van der Waals surface area contributed by atoms with Crippen LogP contribution in [0.15, 0.2) is 36.0 Å². The number of benzene rings is 1. The molecule has 1 aromatic carbocycles. The van der Waals surface area contributed by atoms with Crippen LogP contribution in [-0.2, 0) is 4.79 Å². The fourth-order valence-electron chi connectivity index (χ4n) is 2.28. The van der Waals surface area contributed by atoms with Crippen LogP contribution in [0.25, 0.3) is 0 Å². The largest absolute Gasteiger partial charge is 0.360 e. The van der Waals surface area contributed by atoms with E-state index in [0.29, 0.717) is 17.9 Å². The molecule has 1 aromatic rings. The second-order valence-corrected chi connectivity index (χ2v) is 5.04. The Balaban J connectivity index is 1.93. The van der Waals surface area contributed by atoms with Crippen LogP contribution in [0.4, 0.5) is 11.4 Å². The average Bonchev–Trinajstić information content (AvgIpc) is 3.01. The first-order chi connectivity index (χ1) is 10.7. The smallest absolute Gasteiger partial charge is 0.238 e. The number of nitrogens with one attached hydrogen (secondary N) is 2. The Morgan fingerprint density at radius 2 is 1.91 bits per heavy atom. The molecule has 22 heavy (non-hydrogen) atoms. The molecule has 6 heteroatoms. The van der Waals surface area contributed by atoms with Crippen LogP contribution in [0.5, 0.6) is 0 Å². The molecule has 1 heterocycles. The molecule has 1 amide bonds. The average molecular weight is 295 g/mol. The Kier molecular flexibility index (Phi) is 5.53. The van der Waals surface area contributed by atoms with E-state index in [9.17, 15) is 4.79 Å². The molecule has 2 N–H and O–H groups in total. The fraction of sp³-hybridized carbons (Fsp3) is 0.312. The lowest BCUT2D eigenvalue weighted by molar-refractivity contribution is -0.117. The van der Waals surface area contributed by atoms with Crippen molar-refractivity contribution in [1.29, 1.82) is 10.5 Å². The van der Waals surface area contributed by atoms with Gasteiger partial charge < -0.3 is 10.6 Å². The van der Waals surface area contributed by atoms with Crippen molar-refractivity contribution < 1.29 is 4.79 Å². The van der Waals surface area contributed by atoms with Gasteiger partial charge in [-0.1, -0.05) is 6.07 Å². The first-order valence-electron chi connectivity index (χ1n) is 7.10. The van der Waals surface area contributed by atoms with Gasteiger partial charge in [0.25, 0.3) is 0 Å². The summed E-state index contributed by atoms with van der Waals surface area (Å²) in [5.41, 5.74) is 1.36. The molecule has 1 fully saturated rings. The normalized spacial score (nSPS) is 13.7. The number of hydrogen-bond acceptors (Lipinski definition) is 5. The number of nitrogens with zero attached hydrogens (tertiary/aromatic N) is 3. The summed E-state index contributed by atoms with van der Waals surface area (Å²) in [6, 6.07) is 10.7. The summed E-state index contributed by atoms with van der Waals surface area (Å²) in [5.74, 6) is -0.0377. The molecule has 1 aliphatic heterocycles. The zero-order chi connectivity index (χ0) is 15.8. The van der Waals surface area contributed by atoms with Gasteiger partial charge in [0.1, 0.15) is 17.7 Å². The Hall–Kier alpha value is -2.83. The highest BCUT2D eigenvalue weighted by atomic mass is 16.2. The van der Waals surface area contributed by atoms with E-state index in [1.54, 1.807) is 36.4 Å². The molecule has 0 radical (unpaired) electrons. The summed E-state index contributed by atoms with van der Waals surface area (Å²) < 4.78 is 0. The number of carbonyl (C=O) groups excluding carboxylic acids is 1. The number of hydrogen-bond donors (Lipinski definition) is 2. The van der Waals surface area contributed by atoms with Gasteiger partial charge in [0, 0.05) is 17.6 Å². The predicted octanol–water partition coefficient (Wildman–Crippen LogP) is 2.06. The second-order valence-electron chi connectivity index (χ2n) is 5.04. The van der Waals surface area contributed by atoms with Gasteiger partial charge in [-0.05, 0) is 44.1 Å². The molecule has 0 unspecified atom stereocenters. The van der Waals surface area contributed by atoms with Gasteiger partial charge in [-0.15, -0.1) is 0 Å². The van der Waals surface area contributed by atoms with Crippen molar-refractivity contribution in [3.05, 3.63) is 36.0 Å². The lowest BCUT2D eigenvalue weighted by Crippen LogP contribution is -2.30. The molecule has 0 aromatic heterocycles. The van der Waals surface area contributed by atoms with Gasteiger partial charge in [-0.25, -0.2) is 0 Å². The van der Waals surface area contributed by atoms with Gasteiger partial charge in [0.2, 0.25) is 5.91 Å². The fourth-order valence-corrected chi connectivity index (χ4v) is 2.28. The van der Waals surface area contributed by atoms with Crippen molar-refractivity contribution in [3.8, 4) is 12.1 Å². The summed E-state index contributed by atoms with van der Waals surface area (Å²) in [6.07, 6.45) is 3.64. The van der Waals surface area contributed by atoms with Gasteiger partial charge >= 0.3 is 0 Å². The Morgan fingerprint density at radius 1 is 1.23 bits per heavy atom. The molecule has 0 atom stereocenters.